The molecule has 0 heterocycles. The van der Waals surface area contributed by atoms with Gasteiger partial charge in [0.15, 0.2) is 0 Å². The van der Waals surface area contributed by atoms with E-state index in [0.717, 1.165) is 12.0 Å². The van der Waals surface area contributed by atoms with Gasteiger partial charge in [-0.1, -0.05) is 103 Å². The monoisotopic (exact) mass is 376 g/mol. The molecule has 29 heavy (non-hydrogen) atoms. The standard InChI is InChI=1S/C28H24O/c29-19-20-14-16-22(17-15-20)24-11-6-7-13-26(24)28-25-12-5-4-10-23(25)18-27(28)21-8-2-1-3-9-21/h1-17,27-29H,18-19H2. The lowest BCUT2D eigenvalue weighted by atomic mass is 9.79. The Balaban J connectivity index is 1.66. The first kappa shape index (κ1) is 17.9. The summed E-state index contributed by atoms with van der Waals surface area (Å²) in [6.45, 7) is 0.0774. The average molecular weight is 376 g/mol. The van der Waals surface area contributed by atoms with Gasteiger partial charge in [-0.15, -0.1) is 0 Å². The predicted molar refractivity (Wildman–Crippen MR) is 119 cm³/mol. The molecule has 1 nitrogen and oxygen atoms in total. The molecule has 0 amide bonds. The van der Waals surface area contributed by atoms with Crippen molar-refractivity contribution in [1.82, 2.24) is 0 Å². The summed E-state index contributed by atoms with van der Waals surface area (Å²) in [5.74, 6) is 0.772. The van der Waals surface area contributed by atoms with E-state index in [9.17, 15) is 5.11 Å². The van der Waals surface area contributed by atoms with Gasteiger partial charge in [0, 0.05) is 5.92 Å². The lowest BCUT2D eigenvalue weighted by molar-refractivity contribution is 0.282. The van der Waals surface area contributed by atoms with Gasteiger partial charge in [0.25, 0.3) is 0 Å². The van der Waals surface area contributed by atoms with Crippen molar-refractivity contribution in [2.24, 2.45) is 0 Å². The number of aliphatic hydroxyl groups is 1. The van der Waals surface area contributed by atoms with Crippen molar-refractivity contribution in [2.75, 3.05) is 0 Å². The molecular formula is C28H24O. The summed E-state index contributed by atoms with van der Waals surface area (Å²) < 4.78 is 0. The molecule has 0 saturated heterocycles. The normalized spacial score (nSPS) is 17.8. The number of fused-ring (bicyclic) bond motifs is 1. The summed E-state index contributed by atoms with van der Waals surface area (Å²) in [5, 5.41) is 9.40. The van der Waals surface area contributed by atoms with Crippen LogP contribution < -0.4 is 0 Å². The zero-order valence-corrected chi connectivity index (χ0v) is 16.3. The second kappa shape index (κ2) is 7.69. The first-order valence-corrected chi connectivity index (χ1v) is 10.3. The Morgan fingerprint density at radius 1 is 0.655 bits per heavy atom. The average Bonchev–Trinajstić information content (AvgIpc) is 3.19. The van der Waals surface area contributed by atoms with Crippen LogP contribution in [0, 0.1) is 0 Å². The molecular weight excluding hydrogens is 352 g/mol. The molecule has 0 aromatic heterocycles. The maximum atomic E-state index is 9.40. The SMILES string of the molecule is OCc1ccc(-c2ccccc2C2c3ccccc3CC2c2ccccc2)cc1. The minimum atomic E-state index is 0.0774. The van der Waals surface area contributed by atoms with Crippen molar-refractivity contribution >= 4 is 0 Å². The smallest absolute Gasteiger partial charge is 0.0681 e. The zero-order valence-electron chi connectivity index (χ0n) is 16.3. The largest absolute Gasteiger partial charge is 0.392 e. The second-order valence-corrected chi connectivity index (χ2v) is 7.84. The van der Waals surface area contributed by atoms with E-state index in [4.69, 9.17) is 0 Å². The van der Waals surface area contributed by atoms with Crippen LogP contribution in [-0.4, -0.2) is 5.11 Å². The Bertz CT molecular complexity index is 1110. The fraction of sp³-hybridized carbons (Fsp3) is 0.143. The highest BCUT2D eigenvalue weighted by molar-refractivity contribution is 5.70. The lowest BCUT2D eigenvalue weighted by Crippen LogP contribution is -2.09. The van der Waals surface area contributed by atoms with Crippen LogP contribution in [0.25, 0.3) is 11.1 Å². The molecule has 1 N–H and O–H groups in total. The first-order valence-electron chi connectivity index (χ1n) is 10.3. The van der Waals surface area contributed by atoms with Gasteiger partial charge in [0.2, 0.25) is 0 Å². The van der Waals surface area contributed by atoms with Crippen molar-refractivity contribution in [3.05, 3.63) is 131 Å². The number of hydrogen-bond acceptors (Lipinski definition) is 1. The van der Waals surface area contributed by atoms with Crippen molar-refractivity contribution in [1.29, 1.82) is 0 Å². The number of rotatable bonds is 4. The maximum Gasteiger partial charge on any atom is 0.0681 e. The summed E-state index contributed by atoms with van der Waals surface area (Å²) in [6.07, 6.45) is 1.07. The molecule has 4 aromatic carbocycles. The van der Waals surface area contributed by atoms with Crippen molar-refractivity contribution in [3.63, 3.8) is 0 Å². The number of aliphatic hydroxyl groups excluding tert-OH is 1. The van der Waals surface area contributed by atoms with Gasteiger partial charge in [-0.05, 0) is 51.3 Å². The van der Waals surface area contributed by atoms with Gasteiger partial charge in [0.05, 0.1) is 6.61 Å². The summed E-state index contributed by atoms with van der Waals surface area (Å²) in [4.78, 5) is 0. The van der Waals surface area contributed by atoms with Gasteiger partial charge < -0.3 is 5.11 Å². The molecule has 0 bridgehead atoms. The maximum absolute atomic E-state index is 9.40. The Morgan fingerprint density at radius 3 is 2.07 bits per heavy atom. The molecule has 0 saturated carbocycles. The van der Waals surface area contributed by atoms with Crippen LogP contribution in [0.2, 0.25) is 0 Å². The van der Waals surface area contributed by atoms with Crippen LogP contribution in [0.3, 0.4) is 0 Å². The fourth-order valence-corrected chi connectivity index (χ4v) is 4.81. The van der Waals surface area contributed by atoms with E-state index in [1.165, 1.54) is 33.4 Å². The van der Waals surface area contributed by atoms with Crippen LogP contribution in [0.1, 0.15) is 39.7 Å². The highest BCUT2D eigenvalue weighted by atomic mass is 16.3. The third-order valence-corrected chi connectivity index (χ3v) is 6.20. The van der Waals surface area contributed by atoms with Crippen LogP contribution >= 0.6 is 0 Å². The molecule has 0 aliphatic heterocycles. The van der Waals surface area contributed by atoms with E-state index < -0.39 is 0 Å². The zero-order chi connectivity index (χ0) is 19.6. The van der Waals surface area contributed by atoms with E-state index in [1.54, 1.807) is 0 Å². The van der Waals surface area contributed by atoms with Gasteiger partial charge in [-0.2, -0.15) is 0 Å². The molecule has 1 aliphatic rings. The summed E-state index contributed by atoms with van der Waals surface area (Å²) in [6, 6.07) is 36.9. The van der Waals surface area contributed by atoms with E-state index in [2.05, 4.69) is 91.0 Å². The van der Waals surface area contributed by atoms with Gasteiger partial charge in [-0.25, -0.2) is 0 Å². The summed E-state index contributed by atoms with van der Waals surface area (Å²) in [5.41, 5.74) is 9.10. The topological polar surface area (TPSA) is 20.2 Å². The minimum absolute atomic E-state index is 0.0774. The molecule has 1 aliphatic carbocycles. The highest BCUT2D eigenvalue weighted by Gasteiger charge is 2.35. The quantitative estimate of drug-likeness (QED) is 0.442. The van der Waals surface area contributed by atoms with Crippen LogP contribution in [0.15, 0.2) is 103 Å². The molecule has 0 radical (unpaired) electrons. The van der Waals surface area contributed by atoms with Gasteiger partial charge in [0.1, 0.15) is 0 Å². The Labute approximate surface area is 172 Å². The van der Waals surface area contributed by atoms with E-state index in [0.29, 0.717) is 11.8 Å². The molecule has 142 valence electrons. The van der Waals surface area contributed by atoms with Gasteiger partial charge >= 0.3 is 0 Å². The predicted octanol–water partition coefficient (Wildman–Crippen LogP) is 6.32. The molecule has 5 rings (SSSR count). The summed E-state index contributed by atoms with van der Waals surface area (Å²) in [7, 11) is 0. The van der Waals surface area contributed by atoms with Crippen molar-refractivity contribution < 1.29 is 5.11 Å². The third kappa shape index (κ3) is 3.28. The summed E-state index contributed by atoms with van der Waals surface area (Å²) >= 11 is 0. The van der Waals surface area contributed by atoms with Crippen molar-refractivity contribution in [2.45, 2.75) is 24.9 Å². The number of hydrogen-bond donors (Lipinski definition) is 1. The van der Waals surface area contributed by atoms with E-state index >= 15 is 0 Å². The molecule has 0 fully saturated rings. The Morgan fingerprint density at radius 2 is 1.31 bits per heavy atom. The van der Waals surface area contributed by atoms with E-state index in [-0.39, 0.29) is 6.61 Å². The van der Waals surface area contributed by atoms with E-state index in [1.807, 2.05) is 12.1 Å². The molecule has 4 aromatic rings. The Kier molecular flexibility index (Phi) is 4.75. The second-order valence-electron chi connectivity index (χ2n) is 7.84. The molecule has 1 heteroatoms. The highest BCUT2D eigenvalue weighted by Crippen LogP contribution is 2.49. The van der Waals surface area contributed by atoms with Crippen molar-refractivity contribution in [3.8, 4) is 11.1 Å². The van der Waals surface area contributed by atoms with Crippen LogP contribution in [0.5, 0.6) is 0 Å². The fourth-order valence-electron chi connectivity index (χ4n) is 4.81. The Hall–Kier alpha value is -3.16. The van der Waals surface area contributed by atoms with Crippen LogP contribution in [0.4, 0.5) is 0 Å². The number of benzene rings is 4. The molecule has 0 spiro atoms. The third-order valence-electron chi connectivity index (χ3n) is 6.20. The first-order chi connectivity index (χ1) is 14.3. The molecule has 2 unspecified atom stereocenters. The minimum Gasteiger partial charge on any atom is -0.392 e. The lowest BCUT2D eigenvalue weighted by Gasteiger charge is -2.24. The van der Waals surface area contributed by atoms with Crippen LogP contribution in [-0.2, 0) is 13.0 Å². The van der Waals surface area contributed by atoms with Gasteiger partial charge in [-0.3, -0.25) is 0 Å². The molecule has 2 atom stereocenters.